The molecule has 1 aliphatic carbocycles. The Labute approximate surface area is 164 Å². The van der Waals surface area contributed by atoms with Crippen LogP contribution in [0.25, 0.3) is 11.1 Å². The number of carbonyl (C=O) groups excluding carboxylic acids is 1. The third kappa shape index (κ3) is 2.86. The lowest BCUT2D eigenvalue weighted by molar-refractivity contribution is -0.149. The molecule has 3 aromatic rings. The third-order valence-electron chi connectivity index (χ3n) is 5.27. The number of esters is 1. The summed E-state index contributed by atoms with van der Waals surface area (Å²) >= 11 is 0. The molecule has 1 aliphatic rings. The van der Waals surface area contributed by atoms with Crippen LogP contribution in [-0.2, 0) is 15.1 Å². The van der Waals surface area contributed by atoms with Gasteiger partial charge < -0.3 is 15.2 Å². The highest BCUT2D eigenvalue weighted by Crippen LogP contribution is 2.49. The van der Waals surface area contributed by atoms with Gasteiger partial charge in [-0.2, -0.15) is 0 Å². The summed E-state index contributed by atoms with van der Waals surface area (Å²) in [6.45, 7) is 4.01. The number of anilines is 1. The molecular weight excluding hydrogens is 350 g/mol. The minimum Gasteiger partial charge on any atom is -0.464 e. The van der Waals surface area contributed by atoms with Gasteiger partial charge in [0.2, 0.25) is 0 Å². The first-order chi connectivity index (χ1) is 13.6. The first kappa shape index (κ1) is 18.3. The maximum Gasteiger partial charge on any atom is 0.332 e. The zero-order valence-electron chi connectivity index (χ0n) is 16.0. The summed E-state index contributed by atoms with van der Waals surface area (Å²) in [5.41, 5.74) is 3.60. The highest BCUT2D eigenvalue weighted by Gasteiger charge is 2.51. The van der Waals surface area contributed by atoms with E-state index in [2.05, 4.69) is 5.32 Å². The molecule has 2 N–H and O–H groups in total. The molecule has 0 fully saturated rings. The Hall–Kier alpha value is -3.11. The SMILES string of the molecule is CCOC(=O)C(Nc1ccc(C)cc1)C1(O)c2ccccc2-c2ccccc21. The molecule has 1 unspecified atom stereocenters. The van der Waals surface area contributed by atoms with Gasteiger partial charge >= 0.3 is 5.97 Å². The summed E-state index contributed by atoms with van der Waals surface area (Å²) in [4.78, 5) is 13.0. The Morgan fingerprint density at radius 3 is 2.04 bits per heavy atom. The van der Waals surface area contributed by atoms with Gasteiger partial charge in [-0.25, -0.2) is 4.79 Å². The van der Waals surface area contributed by atoms with E-state index in [9.17, 15) is 9.90 Å². The first-order valence-corrected chi connectivity index (χ1v) is 9.47. The largest absolute Gasteiger partial charge is 0.464 e. The fourth-order valence-corrected chi connectivity index (χ4v) is 3.93. The molecule has 3 aromatic carbocycles. The van der Waals surface area contributed by atoms with Crippen LogP contribution in [0, 0.1) is 6.92 Å². The molecule has 142 valence electrons. The molecule has 4 rings (SSSR count). The molecule has 0 heterocycles. The second kappa shape index (κ2) is 7.13. The van der Waals surface area contributed by atoms with Gasteiger partial charge in [-0.1, -0.05) is 66.2 Å². The zero-order valence-corrected chi connectivity index (χ0v) is 16.0. The molecule has 0 amide bonds. The molecule has 1 atom stereocenters. The number of hydrogen-bond acceptors (Lipinski definition) is 4. The van der Waals surface area contributed by atoms with Gasteiger partial charge in [0.15, 0.2) is 6.04 Å². The molecule has 28 heavy (non-hydrogen) atoms. The minimum absolute atomic E-state index is 0.240. The number of ether oxygens (including phenoxy) is 1. The topological polar surface area (TPSA) is 58.6 Å². The van der Waals surface area contributed by atoms with Crippen LogP contribution in [0.1, 0.15) is 23.6 Å². The number of rotatable bonds is 5. The van der Waals surface area contributed by atoms with Crippen molar-refractivity contribution in [2.24, 2.45) is 0 Å². The fraction of sp³-hybridized carbons (Fsp3) is 0.208. The van der Waals surface area contributed by atoms with Gasteiger partial charge in [0, 0.05) is 5.69 Å². The molecule has 0 bridgehead atoms. The average Bonchev–Trinajstić information content (AvgIpc) is 2.98. The zero-order chi connectivity index (χ0) is 19.7. The lowest BCUT2D eigenvalue weighted by atomic mass is 9.83. The Kier molecular flexibility index (Phi) is 4.65. The van der Waals surface area contributed by atoms with Crippen molar-refractivity contribution in [3.63, 3.8) is 0 Å². The number of benzene rings is 3. The van der Waals surface area contributed by atoms with E-state index in [-0.39, 0.29) is 6.61 Å². The van der Waals surface area contributed by atoms with Crippen molar-refractivity contribution in [3.05, 3.63) is 89.5 Å². The molecular formula is C24H23NO3. The van der Waals surface area contributed by atoms with Crippen molar-refractivity contribution in [1.82, 2.24) is 0 Å². The number of aryl methyl sites for hydroxylation is 1. The monoisotopic (exact) mass is 373 g/mol. The summed E-state index contributed by atoms with van der Waals surface area (Å²) in [5.74, 6) is -0.489. The van der Waals surface area contributed by atoms with Gasteiger partial charge in [-0.3, -0.25) is 0 Å². The van der Waals surface area contributed by atoms with Crippen LogP contribution < -0.4 is 5.32 Å². The van der Waals surface area contributed by atoms with Gasteiger partial charge in [0.1, 0.15) is 5.60 Å². The van der Waals surface area contributed by atoms with Crippen LogP contribution in [0.5, 0.6) is 0 Å². The maximum absolute atomic E-state index is 13.0. The molecule has 0 saturated heterocycles. The van der Waals surface area contributed by atoms with Gasteiger partial charge in [-0.05, 0) is 48.2 Å². The van der Waals surface area contributed by atoms with E-state index in [0.717, 1.165) is 22.4 Å². The highest BCUT2D eigenvalue weighted by atomic mass is 16.5. The quantitative estimate of drug-likeness (QED) is 0.656. The number of aliphatic hydroxyl groups is 1. The van der Waals surface area contributed by atoms with E-state index >= 15 is 0 Å². The third-order valence-corrected chi connectivity index (χ3v) is 5.27. The fourth-order valence-electron chi connectivity index (χ4n) is 3.93. The summed E-state index contributed by atoms with van der Waals surface area (Å²) in [7, 11) is 0. The van der Waals surface area contributed by atoms with Crippen LogP contribution in [0.15, 0.2) is 72.8 Å². The molecule has 0 aliphatic heterocycles. The Balaban J connectivity index is 1.87. The van der Waals surface area contributed by atoms with E-state index in [1.54, 1.807) is 6.92 Å². The highest BCUT2D eigenvalue weighted by molar-refractivity contribution is 5.88. The minimum atomic E-state index is -1.54. The van der Waals surface area contributed by atoms with Crippen molar-refractivity contribution < 1.29 is 14.6 Å². The molecule has 4 heteroatoms. The lowest BCUT2D eigenvalue weighted by Gasteiger charge is -2.34. The standard InChI is InChI=1S/C24H23NO3/c1-3-28-23(26)22(25-17-14-12-16(2)13-15-17)24(27)20-10-6-4-8-18(20)19-9-5-7-11-21(19)24/h4-15,22,25,27H,3H2,1-2H3. The van der Waals surface area contributed by atoms with E-state index in [4.69, 9.17) is 4.74 Å². The Morgan fingerprint density at radius 1 is 0.964 bits per heavy atom. The van der Waals surface area contributed by atoms with Crippen LogP contribution in [0.4, 0.5) is 5.69 Å². The number of nitrogens with one attached hydrogen (secondary N) is 1. The summed E-state index contributed by atoms with van der Waals surface area (Å²) in [6.07, 6.45) is 0. The Bertz CT molecular complexity index is 965. The van der Waals surface area contributed by atoms with Crippen molar-refractivity contribution in [3.8, 4) is 11.1 Å². The van der Waals surface area contributed by atoms with Crippen LogP contribution in [-0.4, -0.2) is 23.7 Å². The second-order valence-electron chi connectivity index (χ2n) is 7.05. The molecule has 0 radical (unpaired) electrons. The molecule has 0 spiro atoms. The summed E-state index contributed by atoms with van der Waals surface area (Å²) < 4.78 is 5.35. The number of hydrogen-bond donors (Lipinski definition) is 2. The van der Waals surface area contributed by atoms with E-state index in [0.29, 0.717) is 11.1 Å². The molecule has 0 aromatic heterocycles. The van der Waals surface area contributed by atoms with Crippen molar-refractivity contribution in [2.45, 2.75) is 25.5 Å². The van der Waals surface area contributed by atoms with Crippen LogP contribution in [0.3, 0.4) is 0 Å². The predicted molar refractivity (Wildman–Crippen MR) is 110 cm³/mol. The van der Waals surface area contributed by atoms with E-state index in [1.165, 1.54) is 0 Å². The second-order valence-corrected chi connectivity index (χ2v) is 7.05. The van der Waals surface area contributed by atoms with E-state index < -0.39 is 17.6 Å². The van der Waals surface area contributed by atoms with Gasteiger partial charge in [0.25, 0.3) is 0 Å². The predicted octanol–water partition coefficient (Wildman–Crippen LogP) is 4.26. The van der Waals surface area contributed by atoms with Crippen molar-refractivity contribution in [1.29, 1.82) is 0 Å². The van der Waals surface area contributed by atoms with E-state index in [1.807, 2.05) is 79.7 Å². The normalized spacial score (nSPS) is 14.7. The van der Waals surface area contributed by atoms with Crippen molar-refractivity contribution >= 4 is 11.7 Å². The number of fused-ring (bicyclic) bond motifs is 3. The molecule has 0 saturated carbocycles. The lowest BCUT2D eigenvalue weighted by Crippen LogP contribution is -2.50. The van der Waals surface area contributed by atoms with Gasteiger partial charge in [0.05, 0.1) is 6.61 Å². The van der Waals surface area contributed by atoms with Crippen molar-refractivity contribution in [2.75, 3.05) is 11.9 Å². The maximum atomic E-state index is 13.0. The van der Waals surface area contributed by atoms with Crippen LogP contribution >= 0.6 is 0 Å². The first-order valence-electron chi connectivity index (χ1n) is 9.47. The Morgan fingerprint density at radius 2 is 1.50 bits per heavy atom. The van der Waals surface area contributed by atoms with Crippen LogP contribution in [0.2, 0.25) is 0 Å². The summed E-state index contributed by atoms with van der Waals surface area (Å²) in [6, 6.07) is 22.1. The smallest absolute Gasteiger partial charge is 0.332 e. The average molecular weight is 373 g/mol. The van der Waals surface area contributed by atoms with Gasteiger partial charge in [-0.15, -0.1) is 0 Å². The molecule has 4 nitrogen and oxygen atoms in total. The summed E-state index contributed by atoms with van der Waals surface area (Å²) in [5, 5.41) is 15.2. The number of carbonyl (C=O) groups is 1.